The quantitative estimate of drug-likeness (QED) is 0.740. The Morgan fingerprint density at radius 2 is 2.47 bits per heavy atom. The lowest BCUT2D eigenvalue weighted by Gasteiger charge is -2.18. The maximum Gasteiger partial charge on any atom is 0.410 e. The molecular weight excluding hydrogens is 194 g/mol. The van der Waals surface area contributed by atoms with Crippen molar-refractivity contribution in [3.63, 3.8) is 0 Å². The zero-order chi connectivity index (χ0) is 10.8. The number of aromatic nitrogens is 2. The number of nitrogens with zero attached hydrogens (tertiary/aromatic N) is 3. The van der Waals surface area contributed by atoms with Crippen LogP contribution in [0, 0.1) is 0 Å². The van der Waals surface area contributed by atoms with Crippen LogP contribution < -0.4 is 0 Å². The van der Waals surface area contributed by atoms with E-state index in [4.69, 9.17) is 4.74 Å². The van der Waals surface area contributed by atoms with Gasteiger partial charge < -0.3 is 14.2 Å². The number of amides is 1. The highest BCUT2D eigenvalue weighted by Gasteiger charge is 2.31. The summed E-state index contributed by atoms with van der Waals surface area (Å²) >= 11 is 0. The zero-order valence-electron chi connectivity index (χ0n) is 9.01. The molecule has 1 aliphatic rings. The van der Waals surface area contributed by atoms with Crippen LogP contribution in [-0.2, 0) is 18.2 Å². The van der Waals surface area contributed by atoms with Gasteiger partial charge in [-0.05, 0) is 6.92 Å². The Bertz CT molecular complexity index is 361. The highest BCUT2D eigenvalue weighted by atomic mass is 16.6. The first-order valence-corrected chi connectivity index (χ1v) is 5.11. The summed E-state index contributed by atoms with van der Waals surface area (Å²) in [6, 6.07) is 0.136. The van der Waals surface area contributed by atoms with E-state index in [1.165, 1.54) is 0 Å². The van der Waals surface area contributed by atoms with Crippen molar-refractivity contribution in [3.05, 3.63) is 18.2 Å². The number of carbonyl (C=O) groups excluding carboxylic acids is 1. The molecule has 0 spiro atoms. The lowest BCUT2D eigenvalue weighted by Crippen LogP contribution is -2.34. The van der Waals surface area contributed by atoms with E-state index in [1.54, 1.807) is 11.2 Å². The second kappa shape index (κ2) is 3.92. The second-order valence-electron chi connectivity index (χ2n) is 3.75. The molecule has 0 radical (unpaired) electrons. The molecule has 1 amide bonds. The summed E-state index contributed by atoms with van der Waals surface area (Å²) < 4.78 is 6.91. The Hall–Kier alpha value is -1.52. The van der Waals surface area contributed by atoms with Crippen molar-refractivity contribution in [1.82, 2.24) is 14.5 Å². The molecule has 0 saturated carbocycles. The van der Waals surface area contributed by atoms with Crippen LogP contribution in [0.1, 0.15) is 12.6 Å². The molecule has 0 aromatic carbocycles. The van der Waals surface area contributed by atoms with E-state index < -0.39 is 0 Å². The standard InChI is InChI=1S/C10H15N3O2/c1-3-13-9(6-15-10(13)14)4-8-5-12(2)7-11-8/h5,7,9H,3-4,6H2,1-2H3/t9-/m1/s1. The van der Waals surface area contributed by atoms with Crippen LogP contribution in [-0.4, -0.2) is 39.7 Å². The normalized spacial score (nSPS) is 20.8. The molecule has 15 heavy (non-hydrogen) atoms. The van der Waals surface area contributed by atoms with Gasteiger partial charge in [0.05, 0.1) is 18.1 Å². The van der Waals surface area contributed by atoms with Gasteiger partial charge in [-0.15, -0.1) is 0 Å². The number of cyclic esters (lactones) is 1. The van der Waals surface area contributed by atoms with Crippen molar-refractivity contribution in [2.24, 2.45) is 7.05 Å². The molecule has 1 atom stereocenters. The van der Waals surface area contributed by atoms with Crippen LogP contribution in [0.3, 0.4) is 0 Å². The summed E-state index contributed by atoms with van der Waals surface area (Å²) in [6.45, 7) is 3.12. The minimum atomic E-state index is -0.210. The van der Waals surface area contributed by atoms with Gasteiger partial charge in [-0.3, -0.25) is 0 Å². The predicted octanol–water partition coefficient (Wildman–Crippen LogP) is 0.803. The average molecular weight is 209 g/mol. The van der Waals surface area contributed by atoms with E-state index >= 15 is 0 Å². The van der Waals surface area contributed by atoms with Crippen LogP contribution in [0.15, 0.2) is 12.5 Å². The maximum atomic E-state index is 11.3. The summed E-state index contributed by atoms with van der Waals surface area (Å²) in [5, 5.41) is 0. The molecule has 1 saturated heterocycles. The van der Waals surface area contributed by atoms with Gasteiger partial charge in [0, 0.05) is 26.2 Å². The van der Waals surface area contributed by atoms with Gasteiger partial charge in [0.15, 0.2) is 0 Å². The first-order chi connectivity index (χ1) is 7.20. The predicted molar refractivity (Wildman–Crippen MR) is 54.4 cm³/mol. The van der Waals surface area contributed by atoms with E-state index in [0.29, 0.717) is 13.2 Å². The number of ether oxygens (including phenoxy) is 1. The van der Waals surface area contributed by atoms with E-state index in [-0.39, 0.29) is 12.1 Å². The third-order valence-corrected chi connectivity index (χ3v) is 2.62. The number of aryl methyl sites for hydroxylation is 1. The van der Waals surface area contributed by atoms with Crippen LogP contribution >= 0.6 is 0 Å². The molecule has 0 aliphatic carbocycles. The third kappa shape index (κ3) is 1.95. The van der Waals surface area contributed by atoms with Crippen molar-refractivity contribution >= 4 is 6.09 Å². The van der Waals surface area contributed by atoms with Crippen LogP contribution in [0.25, 0.3) is 0 Å². The largest absolute Gasteiger partial charge is 0.447 e. The molecule has 2 heterocycles. The average Bonchev–Trinajstić information content (AvgIpc) is 2.75. The number of imidazole rings is 1. The molecule has 1 aromatic rings. The molecule has 0 bridgehead atoms. The Balaban J connectivity index is 2.03. The molecule has 0 unspecified atom stereocenters. The third-order valence-electron chi connectivity index (χ3n) is 2.62. The number of hydrogen-bond donors (Lipinski definition) is 0. The van der Waals surface area contributed by atoms with E-state index in [9.17, 15) is 4.79 Å². The SMILES string of the molecule is CCN1C(=O)OC[C@H]1Cc1cn(C)cn1. The molecule has 5 nitrogen and oxygen atoms in total. The molecule has 1 aliphatic heterocycles. The number of carbonyl (C=O) groups is 1. The number of hydrogen-bond acceptors (Lipinski definition) is 3. The van der Waals surface area contributed by atoms with Crippen molar-refractivity contribution < 1.29 is 9.53 Å². The van der Waals surface area contributed by atoms with Crippen LogP contribution in [0.4, 0.5) is 4.79 Å². The van der Waals surface area contributed by atoms with E-state index in [1.807, 2.05) is 24.7 Å². The fourth-order valence-corrected chi connectivity index (χ4v) is 1.86. The van der Waals surface area contributed by atoms with Gasteiger partial charge >= 0.3 is 6.09 Å². The van der Waals surface area contributed by atoms with E-state index in [0.717, 1.165) is 12.1 Å². The molecule has 1 fully saturated rings. The van der Waals surface area contributed by atoms with Gasteiger partial charge in [0.25, 0.3) is 0 Å². The molecule has 1 aromatic heterocycles. The molecule has 2 rings (SSSR count). The monoisotopic (exact) mass is 209 g/mol. The van der Waals surface area contributed by atoms with Gasteiger partial charge in [-0.2, -0.15) is 0 Å². The summed E-state index contributed by atoms with van der Waals surface area (Å²) in [7, 11) is 1.93. The van der Waals surface area contributed by atoms with Gasteiger partial charge in [-0.1, -0.05) is 0 Å². The fourth-order valence-electron chi connectivity index (χ4n) is 1.86. The van der Waals surface area contributed by atoms with Crippen molar-refractivity contribution in [1.29, 1.82) is 0 Å². The van der Waals surface area contributed by atoms with Crippen molar-refractivity contribution in [2.75, 3.05) is 13.2 Å². The Morgan fingerprint density at radius 3 is 3.07 bits per heavy atom. The first kappa shape index (κ1) is 10.0. The van der Waals surface area contributed by atoms with Crippen LogP contribution in [0.5, 0.6) is 0 Å². The Morgan fingerprint density at radius 1 is 1.67 bits per heavy atom. The van der Waals surface area contributed by atoms with Crippen molar-refractivity contribution in [3.8, 4) is 0 Å². The lowest BCUT2D eigenvalue weighted by atomic mass is 10.1. The molecular formula is C10H15N3O2. The minimum absolute atomic E-state index is 0.136. The smallest absolute Gasteiger partial charge is 0.410 e. The summed E-state index contributed by atoms with van der Waals surface area (Å²) in [4.78, 5) is 17.3. The fraction of sp³-hybridized carbons (Fsp3) is 0.600. The highest BCUT2D eigenvalue weighted by molar-refractivity contribution is 5.70. The minimum Gasteiger partial charge on any atom is -0.447 e. The number of rotatable bonds is 3. The summed E-state index contributed by atoms with van der Waals surface area (Å²) in [5.41, 5.74) is 0.999. The van der Waals surface area contributed by atoms with Crippen molar-refractivity contribution in [2.45, 2.75) is 19.4 Å². The topological polar surface area (TPSA) is 47.4 Å². The van der Waals surface area contributed by atoms with Gasteiger partial charge in [-0.25, -0.2) is 9.78 Å². The van der Waals surface area contributed by atoms with Crippen LogP contribution in [0.2, 0.25) is 0 Å². The lowest BCUT2D eigenvalue weighted by molar-refractivity contribution is 0.159. The zero-order valence-corrected chi connectivity index (χ0v) is 9.01. The maximum absolute atomic E-state index is 11.3. The first-order valence-electron chi connectivity index (χ1n) is 5.11. The second-order valence-corrected chi connectivity index (χ2v) is 3.75. The molecule has 0 N–H and O–H groups in total. The Kier molecular flexibility index (Phi) is 2.62. The summed E-state index contributed by atoms with van der Waals surface area (Å²) in [5.74, 6) is 0. The summed E-state index contributed by atoms with van der Waals surface area (Å²) in [6.07, 6.45) is 4.29. The van der Waals surface area contributed by atoms with Gasteiger partial charge in [0.1, 0.15) is 6.61 Å². The molecule has 5 heteroatoms. The van der Waals surface area contributed by atoms with Gasteiger partial charge in [0.2, 0.25) is 0 Å². The Labute approximate surface area is 88.7 Å². The highest BCUT2D eigenvalue weighted by Crippen LogP contribution is 2.15. The molecule has 82 valence electrons. The van der Waals surface area contributed by atoms with E-state index in [2.05, 4.69) is 4.98 Å². The number of likely N-dealkylation sites (N-methyl/N-ethyl adjacent to an activating group) is 1.